The Bertz CT molecular complexity index is 698. The lowest BCUT2D eigenvalue weighted by Gasteiger charge is -2.16. The van der Waals surface area contributed by atoms with Crippen molar-refractivity contribution in [1.29, 1.82) is 5.41 Å². The first kappa shape index (κ1) is 16.5. The number of nitrogen functional groups attached to an aromatic ring is 1. The number of benzene rings is 2. The summed E-state index contributed by atoms with van der Waals surface area (Å²) in [6.07, 6.45) is -0.793. The van der Waals surface area contributed by atoms with Crippen molar-refractivity contribution in [3.8, 4) is 5.75 Å². The molecule has 2 aromatic rings. The van der Waals surface area contributed by atoms with Crippen LogP contribution in [0.4, 0.5) is 0 Å². The molecule has 0 aliphatic heterocycles. The smallest absolute Gasteiger partial charge is 0.254 e. The fraction of sp³-hybridized carbons (Fsp3) is 0.176. The average molecular weight is 313 g/mol. The Morgan fingerprint density at radius 3 is 2.57 bits per heavy atom. The molecule has 0 aliphatic carbocycles. The number of amides is 1. The van der Waals surface area contributed by atoms with Crippen molar-refractivity contribution >= 4 is 11.7 Å². The maximum atomic E-state index is 12.3. The van der Waals surface area contributed by atoms with Gasteiger partial charge in [-0.25, -0.2) is 0 Å². The van der Waals surface area contributed by atoms with Gasteiger partial charge in [-0.15, -0.1) is 0 Å². The second-order valence-electron chi connectivity index (χ2n) is 5.04. The van der Waals surface area contributed by atoms with Crippen molar-refractivity contribution in [2.24, 2.45) is 5.73 Å². The zero-order chi connectivity index (χ0) is 16.8. The SMILES string of the molecule is CO[C@H](C(=O)NCc1ccc(C(=N)N)cc1)c1cccc(O)c1. The monoisotopic (exact) mass is 313 g/mol. The molecule has 2 rings (SSSR count). The average Bonchev–Trinajstić information content (AvgIpc) is 2.54. The first-order valence-corrected chi connectivity index (χ1v) is 7.04. The lowest BCUT2D eigenvalue weighted by atomic mass is 10.1. The highest BCUT2D eigenvalue weighted by atomic mass is 16.5. The normalized spacial score (nSPS) is 11.7. The summed E-state index contributed by atoms with van der Waals surface area (Å²) in [4.78, 5) is 12.3. The molecular weight excluding hydrogens is 294 g/mol. The van der Waals surface area contributed by atoms with Gasteiger partial charge in [-0.2, -0.15) is 0 Å². The van der Waals surface area contributed by atoms with Gasteiger partial charge < -0.3 is 20.9 Å². The van der Waals surface area contributed by atoms with E-state index in [1.807, 2.05) is 0 Å². The quantitative estimate of drug-likeness (QED) is 0.480. The summed E-state index contributed by atoms with van der Waals surface area (Å²) in [6.45, 7) is 0.329. The van der Waals surface area contributed by atoms with E-state index in [4.69, 9.17) is 15.9 Å². The summed E-state index contributed by atoms with van der Waals surface area (Å²) >= 11 is 0. The van der Waals surface area contributed by atoms with Gasteiger partial charge in [-0.05, 0) is 23.3 Å². The topological polar surface area (TPSA) is 108 Å². The minimum absolute atomic E-state index is 0.00363. The van der Waals surface area contributed by atoms with Crippen LogP contribution in [0, 0.1) is 5.41 Å². The van der Waals surface area contributed by atoms with Gasteiger partial charge in [0, 0.05) is 19.2 Å². The number of rotatable bonds is 6. The van der Waals surface area contributed by atoms with Crippen molar-refractivity contribution in [2.45, 2.75) is 12.6 Å². The van der Waals surface area contributed by atoms with Crippen molar-refractivity contribution < 1.29 is 14.6 Å². The zero-order valence-corrected chi connectivity index (χ0v) is 12.7. The van der Waals surface area contributed by atoms with E-state index < -0.39 is 6.10 Å². The van der Waals surface area contributed by atoms with E-state index in [9.17, 15) is 9.90 Å². The first-order chi connectivity index (χ1) is 11.0. The lowest BCUT2D eigenvalue weighted by Crippen LogP contribution is -2.30. The number of phenols is 1. The van der Waals surface area contributed by atoms with E-state index in [-0.39, 0.29) is 17.5 Å². The van der Waals surface area contributed by atoms with E-state index in [0.717, 1.165) is 5.56 Å². The van der Waals surface area contributed by atoms with Crippen molar-refractivity contribution in [2.75, 3.05) is 7.11 Å². The number of hydrogen-bond acceptors (Lipinski definition) is 4. The molecule has 120 valence electrons. The molecule has 0 heterocycles. The number of amidine groups is 1. The molecule has 0 saturated heterocycles. The van der Waals surface area contributed by atoms with Gasteiger partial charge in [0.1, 0.15) is 11.6 Å². The second-order valence-corrected chi connectivity index (χ2v) is 5.04. The number of hydrogen-bond donors (Lipinski definition) is 4. The Labute approximate surface area is 134 Å². The van der Waals surface area contributed by atoms with Crippen LogP contribution in [-0.2, 0) is 16.1 Å². The predicted molar refractivity (Wildman–Crippen MR) is 87.2 cm³/mol. The summed E-state index contributed by atoms with van der Waals surface area (Å²) in [5, 5.41) is 19.6. The molecule has 1 amide bonds. The molecule has 23 heavy (non-hydrogen) atoms. The van der Waals surface area contributed by atoms with Crippen molar-refractivity contribution in [3.63, 3.8) is 0 Å². The van der Waals surface area contributed by atoms with Crippen LogP contribution in [0.5, 0.6) is 5.75 Å². The van der Waals surface area contributed by atoms with Crippen LogP contribution >= 0.6 is 0 Å². The van der Waals surface area contributed by atoms with Crippen LogP contribution in [-0.4, -0.2) is 24.0 Å². The molecule has 0 spiro atoms. The molecule has 5 N–H and O–H groups in total. The van der Waals surface area contributed by atoms with Gasteiger partial charge in [-0.3, -0.25) is 10.2 Å². The van der Waals surface area contributed by atoms with Crippen LogP contribution < -0.4 is 11.1 Å². The Balaban J connectivity index is 2.01. The number of carbonyl (C=O) groups is 1. The zero-order valence-electron chi connectivity index (χ0n) is 12.7. The van der Waals surface area contributed by atoms with Gasteiger partial charge in [0.15, 0.2) is 6.10 Å². The number of carbonyl (C=O) groups excluding carboxylic acids is 1. The van der Waals surface area contributed by atoms with Gasteiger partial charge in [0.05, 0.1) is 0 Å². The standard InChI is InChI=1S/C17H19N3O3/c1-23-15(13-3-2-4-14(21)9-13)17(22)20-10-11-5-7-12(8-6-11)16(18)19/h2-9,15,21H,10H2,1H3,(H3,18,19)(H,20,22)/t15-/m0/s1. The molecule has 6 nitrogen and oxygen atoms in total. The van der Waals surface area contributed by atoms with E-state index in [1.54, 1.807) is 36.4 Å². The highest BCUT2D eigenvalue weighted by molar-refractivity contribution is 5.94. The van der Waals surface area contributed by atoms with E-state index in [0.29, 0.717) is 17.7 Å². The maximum Gasteiger partial charge on any atom is 0.254 e. The minimum atomic E-state index is -0.793. The number of phenolic OH excluding ortho intramolecular Hbond substituents is 1. The van der Waals surface area contributed by atoms with Crippen molar-refractivity contribution in [3.05, 3.63) is 65.2 Å². The van der Waals surface area contributed by atoms with Crippen LogP contribution in [0.3, 0.4) is 0 Å². The third-order valence-corrected chi connectivity index (χ3v) is 3.38. The number of ether oxygens (including phenoxy) is 1. The minimum Gasteiger partial charge on any atom is -0.508 e. The van der Waals surface area contributed by atoms with Crippen molar-refractivity contribution in [1.82, 2.24) is 5.32 Å². The van der Waals surface area contributed by atoms with Gasteiger partial charge in [-0.1, -0.05) is 36.4 Å². The Hall–Kier alpha value is -2.86. The molecule has 2 aromatic carbocycles. The summed E-state index contributed by atoms with van der Waals surface area (Å²) < 4.78 is 5.22. The third-order valence-electron chi connectivity index (χ3n) is 3.38. The van der Waals surface area contributed by atoms with Gasteiger partial charge >= 0.3 is 0 Å². The number of nitrogens with two attached hydrogens (primary N) is 1. The molecule has 0 saturated carbocycles. The van der Waals surface area contributed by atoms with Gasteiger partial charge in [0.25, 0.3) is 5.91 Å². The van der Waals surface area contributed by atoms with E-state index >= 15 is 0 Å². The second kappa shape index (κ2) is 7.42. The molecule has 1 atom stereocenters. The Kier molecular flexibility index (Phi) is 5.32. The third kappa shape index (κ3) is 4.31. The number of methoxy groups -OCH3 is 1. The fourth-order valence-corrected chi connectivity index (χ4v) is 2.17. The molecule has 6 heteroatoms. The lowest BCUT2D eigenvalue weighted by molar-refractivity contribution is -0.131. The summed E-state index contributed by atoms with van der Waals surface area (Å²) in [5.74, 6) is -0.213. The number of aromatic hydroxyl groups is 1. The summed E-state index contributed by atoms with van der Waals surface area (Å²) in [7, 11) is 1.44. The fourth-order valence-electron chi connectivity index (χ4n) is 2.17. The Morgan fingerprint density at radius 2 is 2.00 bits per heavy atom. The molecular formula is C17H19N3O3. The number of nitrogens with one attached hydrogen (secondary N) is 2. The molecule has 0 bridgehead atoms. The highest BCUT2D eigenvalue weighted by Crippen LogP contribution is 2.21. The molecule has 0 aliphatic rings. The largest absolute Gasteiger partial charge is 0.508 e. The van der Waals surface area contributed by atoms with E-state index in [1.165, 1.54) is 19.2 Å². The van der Waals surface area contributed by atoms with Crippen LogP contribution in [0.1, 0.15) is 22.8 Å². The van der Waals surface area contributed by atoms with E-state index in [2.05, 4.69) is 5.32 Å². The predicted octanol–water partition coefficient (Wildman–Crippen LogP) is 1.68. The van der Waals surface area contributed by atoms with Crippen LogP contribution in [0.25, 0.3) is 0 Å². The van der Waals surface area contributed by atoms with Gasteiger partial charge in [0.2, 0.25) is 0 Å². The highest BCUT2D eigenvalue weighted by Gasteiger charge is 2.20. The maximum absolute atomic E-state index is 12.3. The Morgan fingerprint density at radius 1 is 1.30 bits per heavy atom. The molecule has 0 aromatic heterocycles. The van der Waals surface area contributed by atoms with Crippen LogP contribution in [0.15, 0.2) is 48.5 Å². The summed E-state index contributed by atoms with van der Waals surface area (Å²) in [5.41, 5.74) is 7.49. The molecule has 0 unspecified atom stereocenters. The first-order valence-electron chi connectivity index (χ1n) is 7.04. The van der Waals surface area contributed by atoms with Crippen LogP contribution in [0.2, 0.25) is 0 Å². The molecule has 0 radical (unpaired) electrons. The molecule has 0 fully saturated rings. The summed E-state index contributed by atoms with van der Waals surface area (Å²) in [6, 6.07) is 13.5.